The third-order valence-corrected chi connectivity index (χ3v) is 4.18. The number of nitrogens with one attached hydrogen (secondary N) is 1. The van der Waals surface area contributed by atoms with Gasteiger partial charge in [-0.15, -0.1) is 12.4 Å². The molecule has 0 spiro atoms. The number of nitrogens with zero attached hydrogens (tertiary/aromatic N) is 2. The van der Waals surface area contributed by atoms with E-state index in [1.165, 1.54) is 6.20 Å². The number of amides is 1. The highest BCUT2D eigenvalue weighted by molar-refractivity contribution is 5.95. The van der Waals surface area contributed by atoms with Gasteiger partial charge >= 0.3 is 0 Å². The largest absolute Gasteiger partial charge is 0.437 e. The lowest BCUT2D eigenvalue weighted by Gasteiger charge is -2.34. The van der Waals surface area contributed by atoms with E-state index in [-0.39, 0.29) is 18.3 Å². The van der Waals surface area contributed by atoms with Crippen molar-refractivity contribution in [2.45, 2.75) is 12.8 Å². The van der Waals surface area contributed by atoms with E-state index in [0.717, 1.165) is 0 Å². The number of hydrogen-bond acceptors (Lipinski definition) is 6. The van der Waals surface area contributed by atoms with Crippen LogP contribution in [0.3, 0.4) is 0 Å². The lowest BCUT2D eigenvalue weighted by molar-refractivity contribution is -0.130. The van der Waals surface area contributed by atoms with Gasteiger partial charge in [0.2, 0.25) is 11.8 Å². The summed E-state index contributed by atoms with van der Waals surface area (Å²) in [7, 11) is 0. The number of carbonyl (C=O) groups excluding carboxylic acids is 1. The first-order chi connectivity index (χ1) is 11.7. The molecule has 0 unspecified atom stereocenters. The summed E-state index contributed by atoms with van der Waals surface area (Å²) in [5, 5.41) is 2.94. The molecule has 0 saturated carbocycles. The highest BCUT2D eigenvalue weighted by Gasteiger charge is 2.38. The monoisotopic (exact) mass is 364 g/mol. The number of benzene rings is 1. The van der Waals surface area contributed by atoms with Gasteiger partial charge in [0.1, 0.15) is 5.75 Å². The van der Waals surface area contributed by atoms with Crippen molar-refractivity contribution in [2.75, 3.05) is 25.1 Å². The quantitative estimate of drug-likeness (QED) is 0.845. The van der Waals surface area contributed by atoms with E-state index >= 15 is 0 Å². The molecular formula is C17H21ClN4O3. The Morgan fingerprint density at radius 2 is 2.12 bits per heavy atom. The van der Waals surface area contributed by atoms with Gasteiger partial charge in [-0.25, -0.2) is 4.98 Å². The Kier molecular flexibility index (Phi) is 6.69. The molecule has 2 aromatic rings. The first kappa shape index (κ1) is 19.1. The molecule has 1 saturated heterocycles. The summed E-state index contributed by atoms with van der Waals surface area (Å²) in [5.41, 5.74) is 5.95. The smallest absolute Gasteiger partial charge is 0.237 e. The van der Waals surface area contributed by atoms with Gasteiger partial charge < -0.3 is 20.5 Å². The van der Waals surface area contributed by atoms with Crippen molar-refractivity contribution >= 4 is 24.0 Å². The van der Waals surface area contributed by atoms with E-state index in [1.54, 1.807) is 30.6 Å². The number of anilines is 1. The van der Waals surface area contributed by atoms with Gasteiger partial charge in [0.25, 0.3) is 0 Å². The third-order valence-electron chi connectivity index (χ3n) is 4.18. The second-order valence-corrected chi connectivity index (χ2v) is 5.72. The van der Waals surface area contributed by atoms with Crippen LogP contribution in [0.25, 0.3) is 0 Å². The molecule has 1 amide bonds. The molecule has 1 aromatic carbocycles. The maximum atomic E-state index is 12.7. The van der Waals surface area contributed by atoms with E-state index < -0.39 is 5.41 Å². The van der Waals surface area contributed by atoms with Crippen molar-refractivity contribution in [1.82, 2.24) is 9.97 Å². The Balaban J connectivity index is 0.00000225. The topological polar surface area (TPSA) is 99.4 Å². The molecule has 2 heterocycles. The van der Waals surface area contributed by atoms with Crippen LogP contribution in [0, 0.1) is 5.41 Å². The molecule has 0 aliphatic carbocycles. The number of nitrogens with two attached hydrogens (primary N) is 1. The first-order valence-electron chi connectivity index (χ1n) is 7.85. The molecule has 134 valence electrons. The number of carbonyl (C=O) groups is 1. The number of halogens is 1. The Bertz CT molecular complexity index is 693. The minimum atomic E-state index is -0.569. The predicted octanol–water partition coefficient (Wildman–Crippen LogP) is 2.38. The minimum Gasteiger partial charge on any atom is -0.437 e. The van der Waals surface area contributed by atoms with E-state index in [2.05, 4.69) is 15.3 Å². The molecule has 1 fully saturated rings. The van der Waals surface area contributed by atoms with Gasteiger partial charge in [-0.1, -0.05) is 6.07 Å². The average molecular weight is 365 g/mol. The van der Waals surface area contributed by atoms with Crippen LogP contribution in [-0.4, -0.2) is 35.6 Å². The maximum absolute atomic E-state index is 12.7. The summed E-state index contributed by atoms with van der Waals surface area (Å²) in [5.74, 6) is 0.885. The highest BCUT2D eigenvalue weighted by atomic mass is 35.5. The zero-order valence-corrected chi connectivity index (χ0v) is 14.5. The zero-order chi connectivity index (χ0) is 16.8. The highest BCUT2D eigenvalue weighted by Crippen LogP contribution is 2.31. The van der Waals surface area contributed by atoms with Crippen LogP contribution < -0.4 is 15.8 Å². The van der Waals surface area contributed by atoms with E-state index in [4.69, 9.17) is 15.2 Å². The van der Waals surface area contributed by atoms with E-state index in [1.807, 2.05) is 6.07 Å². The summed E-state index contributed by atoms with van der Waals surface area (Å²) in [6.07, 6.45) is 5.91. The Morgan fingerprint density at radius 1 is 1.32 bits per heavy atom. The molecule has 1 aliphatic heterocycles. The van der Waals surface area contributed by atoms with Crippen LogP contribution in [-0.2, 0) is 9.53 Å². The van der Waals surface area contributed by atoms with E-state index in [0.29, 0.717) is 49.9 Å². The van der Waals surface area contributed by atoms with Crippen LogP contribution in [0.15, 0.2) is 42.9 Å². The number of ether oxygens (including phenoxy) is 2. The fraction of sp³-hybridized carbons (Fsp3) is 0.353. The summed E-state index contributed by atoms with van der Waals surface area (Å²) in [6, 6.07) is 7.15. The fourth-order valence-electron chi connectivity index (χ4n) is 2.65. The zero-order valence-electron chi connectivity index (χ0n) is 13.7. The Morgan fingerprint density at radius 3 is 2.80 bits per heavy atom. The molecule has 3 rings (SSSR count). The van der Waals surface area contributed by atoms with Gasteiger partial charge in [-0.3, -0.25) is 9.78 Å². The minimum absolute atomic E-state index is 0. The lowest BCUT2D eigenvalue weighted by Crippen LogP contribution is -2.46. The molecule has 0 atom stereocenters. The molecule has 7 nitrogen and oxygen atoms in total. The summed E-state index contributed by atoms with van der Waals surface area (Å²) >= 11 is 0. The summed E-state index contributed by atoms with van der Waals surface area (Å²) < 4.78 is 11.0. The Hall–Kier alpha value is -2.22. The Labute approximate surface area is 152 Å². The van der Waals surface area contributed by atoms with Crippen molar-refractivity contribution in [3.63, 3.8) is 0 Å². The normalized spacial score (nSPS) is 15.7. The molecule has 0 radical (unpaired) electrons. The van der Waals surface area contributed by atoms with Gasteiger partial charge in [0, 0.05) is 43.9 Å². The summed E-state index contributed by atoms with van der Waals surface area (Å²) in [6.45, 7) is 1.42. The third kappa shape index (κ3) is 4.66. The molecule has 1 aromatic heterocycles. The molecule has 0 bridgehead atoms. The van der Waals surface area contributed by atoms with Crippen LogP contribution in [0.2, 0.25) is 0 Å². The predicted molar refractivity (Wildman–Crippen MR) is 96.0 cm³/mol. The van der Waals surface area contributed by atoms with Crippen molar-refractivity contribution in [3.05, 3.63) is 42.9 Å². The lowest BCUT2D eigenvalue weighted by atomic mass is 9.79. The number of aromatic nitrogens is 2. The van der Waals surface area contributed by atoms with Crippen LogP contribution in [0.4, 0.5) is 5.69 Å². The fourth-order valence-corrected chi connectivity index (χ4v) is 2.65. The standard InChI is InChI=1S/C17H20N4O3.ClH/c18-12-17(4-8-23-9-5-17)16(22)21-13-2-1-3-14(10-13)24-15-11-19-6-7-20-15;/h1-3,6-7,10-11H,4-5,8-9,12,18H2,(H,21,22);1H. The second kappa shape index (κ2) is 8.75. The average Bonchev–Trinajstić information content (AvgIpc) is 2.63. The maximum Gasteiger partial charge on any atom is 0.237 e. The van der Waals surface area contributed by atoms with Crippen LogP contribution >= 0.6 is 12.4 Å². The first-order valence-corrected chi connectivity index (χ1v) is 7.85. The number of hydrogen-bond donors (Lipinski definition) is 2. The van der Waals surface area contributed by atoms with Gasteiger partial charge in [-0.2, -0.15) is 0 Å². The summed E-state index contributed by atoms with van der Waals surface area (Å²) in [4.78, 5) is 20.7. The molecule has 3 N–H and O–H groups in total. The van der Waals surface area contributed by atoms with E-state index in [9.17, 15) is 4.79 Å². The number of rotatable bonds is 5. The molecule has 25 heavy (non-hydrogen) atoms. The second-order valence-electron chi connectivity index (χ2n) is 5.72. The van der Waals surface area contributed by atoms with Crippen molar-refractivity contribution in [3.8, 4) is 11.6 Å². The van der Waals surface area contributed by atoms with Gasteiger partial charge in [0.15, 0.2) is 0 Å². The van der Waals surface area contributed by atoms with Crippen molar-refractivity contribution < 1.29 is 14.3 Å². The van der Waals surface area contributed by atoms with Gasteiger partial charge in [0.05, 0.1) is 11.6 Å². The van der Waals surface area contributed by atoms with Gasteiger partial charge in [-0.05, 0) is 25.0 Å². The molecular weight excluding hydrogens is 344 g/mol. The SMILES string of the molecule is Cl.NCC1(C(=O)Nc2cccc(Oc3cnccn3)c2)CCOCC1. The van der Waals surface area contributed by atoms with Crippen LogP contribution in [0.1, 0.15) is 12.8 Å². The van der Waals surface area contributed by atoms with Crippen molar-refractivity contribution in [1.29, 1.82) is 0 Å². The van der Waals surface area contributed by atoms with Crippen LogP contribution in [0.5, 0.6) is 11.6 Å². The van der Waals surface area contributed by atoms with Crippen molar-refractivity contribution in [2.24, 2.45) is 11.1 Å². The molecule has 1 aliphatic rings. The molecule has 8 heteroatoms.